The quantitative estimate of drug-likeness (QED) is 0.167. The van der Waals surface area contributed by atoms with Gasteiger partial charge in [0, 0.05) is 11.8 Å². The van der Waals surface area contributed by atoms with Crippen LogP contribution in [-0.4, -0.2) is 35.4 Å². The second-order valence-electron chi connectivity index (χ2n) is 8.38. The van der Waals surface area contributed by atoms with Gasteiger partial charge in [-0.15, -0.1) is 11.3 Å². The number of aromatic nitrogens is 1. The van der Waals surface area contributed by atoms with Gasteiger partial charge in [-0.3, -0.25) is 9.36 Å². The Morgan fingerprint density at radius 2 is 1.67 bits per heavy atom. The Bertz CT molecular complexity index is 661. The maximum Gasteiger partial charge on any atom is 0.345 e. The molecule has 1 aromatic heterocycles. The lowest BCUT2D eigenvalue weighted by Crippen LogP contribution is -2.34. The molecule has 6 nitrogen and oxygen atoms in total. The van der Waals surface area contributed by atoms with E-state index in [9.17, 15) is 9.36 Å². The summed E-state index contributed by atoms with van der Waals surface area (Å²) in [7, 11) is -3.67. The van der Waals surface area contributed by atoms with Crippen molar-refractivity contribution in [3.8, 4) is 0 Å². The van der Waals surface area contributed by atoms with Crippen LogP contribution in [0.2, 0.25) is 0 Å². The molecule has 1 unspecified atom stereocenters. The van der Waals surface area contributed by atoms with Crippen molar-refractivity contribution in [1.29, 1.82) is 0 Å². The molecular weight excluding hydrogens is 421 g/mol. The minimum atomic E-state index is -3.67. The van der Waals surface area contributed by atoms with E-state index in [1.807, 2.05) is 5.38 Å². The topological polar surface area (TPSA) is 74.7 Å². The van der Waals surface area contributed by atoms with Crippen LogP contribution in [0.25, 0.3) is 0 Å². The van der Waals surface area contributed by atoms with Crippen molar-refractivity contribution in [2.24, 2.45) is 0 Å². The predicted octanol–water partition coefficient (Wildman–Crippen LogP) is 6.57. The average molecular weight is 462 g/mol. The second kappa shape index (κ2) is 13.6. The number of carbonyl (C=O) groups is 1. The summed E-state index contributed by atoms with van der Waals surface area (Å²) in [5.74, 6) is -0.569. The summed E-state index contributed by atoms with van der Waals surface area (Å²) < 4.78 is 29.9. The van der Waals surface area contributed by atoms with Crippen LogP contribution in [0.15, 0.2) is 5.38 Å². The Hall–Kier alpha value is -0.750. The third kappa shape index (κ3) is 10.0. The highest BCUT2D eigenvalue weighted by Crippen LogP contribution is 2.54. The van der Waals surface area contributed by atoms with E-state index in [4.69, 9.17) is 13.8 Å². The van der Waals surface area contributed by atoms with Crippen molar-refractivity contribution in [3.05, 3.63) is 16.1 Å². The van der Waals surface area contributed by atoms with Gasteiger partial charge in [-0.05, 0) is 47.5 Å². The van der Waals surface area contributed by atoms with Crippen LogP contribution in [0, 0.1) is 0 Å². The fourth-order valence-corrected chi connectivity index (χ4v) is 5.94. The highest BCUT2D eigenvalue weighted by Gasteiger charge is 2.44. The van der Waals surface area contributed by atoms with Crippen LogP contribution in [0.5, 0.6) is 0 Å². The molecule has 1 heterocycles. The van der Waals surface area contributed by atoms with Gasteiger partial charge in [-0.25, -0.2) is 4.98 Å². The van der Waals surface area contributed by atoms with E-state index >= 15 is 0 Å². The maximum atomic E-state index is 13.4. The normalized spacial score (nSPS) is 13.4. The third-order valence-electron chi connectivity index (χ3n) is 4.43. The summed E-state index contributed by atoms with van der Waals surface area (Å²) in [6.07, 6.45) is 8.53. The van der Waals surface area contributed by atoms with Gasteiger partial charge in [-0.1, -0.05) is 39.0 Å². The highest BCUT2D eigenvalue weighted by molar-refractivity contribution is 7.55. The van der Waals surface area contributed by atoms with Crippen molar-refractivity contribution < 1.29 is 23.1 Å². The molecule has 0 aliphatic heterocycles. The summed E-state index contributed by atoms with van der Waals surface area (Å²) in [6, 6.07) is 0. The minimum Gasteiger partial charge on any atom is -0.459 e. The van der Waals surface area contributed by atoms with E-state index in [0.29, 0.717) is 0 Å². The van der Waals surface area contributed by atoms with Crippen LogP contribution in [-0.2, 0) is 36.0 Å². The van der Waals surface area contributed by atoms with Crippen LogP contribution in [0.4, 0.5) is 0 Å². The molecule has 0 saturated heterocycles. The highest BCUT2D eigenvalue weighted by atomic mass is 32.1. The van der Waals surface area contributed by atoms with Crippen molar-refractivity contribution in [2.75, 3.05) is 13.2 Å². The van der Waals surface area contributed by atoms with Crippen LogP contribution < -0.4 is 0 Å². The lowest BCUT2D eigenvalue weighted by molar-refractivity contribution is -0.154. The summed E-state index contributed by atoms with van der Waals surface area (Å²) in [5.41, 5.74) is -0.689. The number of hydrogen-bond donors (Lipinski definition) is 0. The average Bonchev–Trinajstić information content (AvgIpc) is 3.09. The van der Waals surface area contributed by atoms with Crippen molar-refractivity contribution in [1.82, 2.24) is 4.98 Å². The molecule has 0 spiro atoms. The van der Waals surface area contributed by atoms with E-state index in [1.165, 1.54) is 43.4 Å². The molecule has 30 heavy (non-hydrogen) atoms. The zero-order valence-corrected chi connectivity index (χ0v) is 21.3. The number of ether oxygens (including phenoxy) is 1. The minimum absolute atomic E-state index is 0.188. The molecule has 0 amide bonds. The first-order valence-corrected chi connectivity index (χ1v) is 13.7. The molecule has 0 aliphatic rings. The smallest absolute Gasteiger partial charge is 0.345 e. The van der Waals surface area contributed by atoms with E-state index in [1.54, 1.807) is 34.6 Å². The number of unbranched alkanes of at least 4 members (excludes halogenated alkanes) is 5. The summed E-state index contributed by atoms with van der Waals surface area (Å²) in [4.78, 5) is 17.6. The molecule has 0 fully saturated rings. The zero-order valence-electron chi connectivity index (χ0n) is 19.6. The molecule has 1 aromatic rings. The van der Waals surface area contributed by atoms with Crippen LogP contribution in [0.3, 0.4) is 0 Å². The van der Waals surface area contributed by atoms with Gasteiger partial charge < -0.3 is 13.8 Å². The van der Waals surface area contributed by atoms with E-state index < -0.39 is 24.8 Å². The Morgan fingerprint density at radius 1 is 1.07 bits per heavy atom. The van der Waals surface area contributed by atoms with E-state index in [0.717, 1.165) is 23.5 Å². The molecule has 0 aromatic carbocycles. The van der Waals surface area contributed by atoms with Gasteiger partial charge in [0.15, 0.2) is 5.66 Å². The van der Waals surface area contributed by atoms with Crippen molar-refractivity contribution in [2.45, 2.75) is 104 Å². The standard InChI is InChI=1S/C22H40NO5PS/c1-7-10-11-12-13-14-15-18-17-30-20(23-18)16-19(21(24)28-22(4,5)6)29(25,26-8-2)27-9-3/h17,19H,7-16H2,1-6H3. The fourth-order valence-electron chi connectivity index (χ4n) is 3.08. The fraction of sp³-hybridized carbons (Fsp3) is 0.818. The van der Waals surface area contributed by atoms with Gasteiger partial charge in [-0.2, -0.15) is 0 Å². The van der Waals surface area contributed by atoms with Gasteiger partial charge in [0.1, 0.15) is 5.60 Å². The van der Waals surface area contributed by atoms with Gasteiger partial charge >= 0.3 is 13.6 Å². The molecule has 0 N–H and O–H groups in total. The summed E-state index contributed by atoms with van der Waals surface area (Å²) >= 11 is 1.49. The lowest BCUT2D eigenvalue weighted by Gasteiger charge is -2.28. The Labute approximate surface area is 186 Å². The monoisotopic (exact) mass is 461 g/mol. The number of rotatable bonds is 15. The number of nitrogens with zero attached hydrogens (tertiary/aromatic N) is 1. The first-order valence-electron chi connectivity index (χ1n) is 11.2. The van der Waals surface area contributed by atoms with E-state index in [2.05, 4.69) is 11.9 Å². The molecule has 174 valence electrons. The molecule has 1 rings (SSSR count). The summed E-state index contributed by atoms with van der Waals surface area (Å²) in [5, 5.41) is 2.78. The molecule has 8 heteroatoms. The maximum absolute atomic E-state index is 13.4. The SMILES string of the molecule is CCCCCCCCc1csc(CC(C(=O)OC(C)(C)C)P(=O)(OCC)OCC)n1. The second-order valence-corrected chi connectivity index (χ2v) is 11.5. The lowest BCUT2D eigenvalue weighted by atomic mass is 10.1. The third-order valence-corrected chi connectivity index (χ3v) is 7.75. The number of hydrogen-bond acceptors (Lipinski definition) is 7. The number of aryl methyl sites for hydroxylation is 1. The molecule has 0 saturated carbocycles. The van der Waals surface area contributed by atoms with Crippen LogP contribution in [0.1, 0.15) is 90.8 Å². The Balaban J connectivity index is 2.85. The molecule has 0 bridgehead atoms. The largest absolute Gasteiger partial charge is 0.459 e. The van der Waals surface area contributed by atoms with E-state index in [-0.39, 0.29) is 19.6 Å². The molecular formula is C22H40NO5PS. The Kier molecular flexibility index (Phi) is 12.4. The number of esters is 1. The van der Waals surface area contributed by atoms with Crippen molar-refractivity contribution >= 4 is 24.9 Å². The molecule has 1 atom stereocenters. The predicted molar refractivity (Wildman–Crippen MR) is 123 cm³/mol. The zero-order chi connectivity index (χ0) is 22.6. The van der Waals surface area contributed by atoms with Gasteiger partial charge in [0.2, 0.25) is 0 Å². The number of thiazole rings is 1. The van der Waals surface area contributed by atoms with Crippen molar-refractivity contribution in [3.63, 3.8) is 0 Å². The number of carbonyl (C=O) groups excluding carboxylic acids is 1. The van der Waals surface area contributed by atoms with Crippen LogP contribution >= 0.6 is 18.9 Å². The molecule has 0 aliphatic carbocycles. The Morgan fingerprint density at radius 3 is 2.23 bits per heavy atom. The first kappa shape index (κ1) is 27.3. The first-order chi connectivity index (χ1) is 14.1. The van der Waals surface area contributed by atoms with Gasteiger partial charge in [0.05, 0.1) is 23.9 Å². The van der Waals surface area contributed by atoms with Gasteiger partial charge in [0.25, 0.3) is 0 Å². The molecule has 0 radical (unpaired) electrons. The summed E-state index contributed by atoms with van der Waals surface area (Å²) in [6.45, 7) is 11.4.